The van der Waals surface area contributed by atoms with Crippen molar-refractivity contribution in [3.8, 4) is 0 Å². The van der Waals surface area contributed by atoms with Crippen molar-refractivity contribution < 1.29 is 4.79 Å². The van der Waals surface area contributed by atoms with E-state index in [4.69, 9.17) is 11.6 Å². The molecule has 0 aliphatic heterocycles. The average Bonchev–Trinajstić information content (AvgIpc) is 3.11. The third kappa shape index (κ3) is 6.76. The van der Waals surface area contributed by atoms with Gasteiger partial charge in [-0.1, -0.05) is 35.9 Å². The van der Waals surface area contributed by atoms with Crippen LogP contribution in [0.5, 0.6) is 0 Å². The number of benzene rings is 1. The van der Waals surface area contributed by atoms with Crippen LogP contribution in [0.1, 0.15) is 10.4 Å². The molecule has 0 aliphatic rings. The number of amides is 1. The van der Waals surface area contributed by atoms with Crippen LogP contribution in [0, 0.1) is 0 Å². The zero-order chi connectivity index (χ0) is 18.1. The summed E-state index contributed by atoms with van der Waals surface area (Å²) in [6.45, 7) is 1.46. The Hall–Kier alpha value is -2.05. The summed E-state index contributed by atoms with van der Waals surface area (Å²) in [5.74, 6) is 0.582. The monoisotopic (exact) mass is 378 g/mol. The first kappa shape index (κ1) is 19.3. The summed E-state index contributed by atoms with van der Waals surface area (Å²) in [5, 5.41) is 9.33. The van der Waals surface area contributed by atoms with Crippen LogP contribution < -0.4 is 10.6 Å². The lowest BCUT2D eigenvalue weighted by atomic mass is 10.1. The van der Waals surface area contributed by atoms with Crippen molar-refractivity contribution in [3.63, 3.8) is 0 Å². The lowest BCUT2D eigenvalue weighted by Gasteiger charge is -2.13. The van der Waals surface area contributed by atoms with Crippen LogP contribution >= 0.6 is 22.9 Å². The number of halogens is 1. The number of guanidine groups is 1. The Balaban J connectivity index is 1.91. The van der Waals surface area contributed by atoms with E-state index in [0.29, 0.717) is 19.0 Å². The fourth-order valence-corrected chi connectivity index (χ4v) is 2.94. The summed E-state index contributed by atoms with van der Waals surface area (Å²) >= 11 is 7.86. The molecule has 134 valence electrons. The minimum Gasteiger partial charge on any atom is -0.356 e. The molecule has 2 aromatic rings. The Morgan fingerprint density at radius 1 is 1.20 bits per heavy atom. The van der Waals surface area contributed by atoms with Gasteiger partial charge in [0.15, 0.2) is 5.96 Å². The van der Waals surface area contributed by atoms with Gasteiger partial charge in [-0.15, -0.1) is 11.3 Å². The van der Waals surface area contributed by atoms with E-state index in [1.807, 2.05) is 35.7 Å². The number of rotatable bonds is 7. The molecule has 0 fully saturated rings. The minimum atomic E-state index is -0.0386. The molecule has 1 aromatic heterocycles. The third-order valence-electron chi connectivity index (χ3n) is 3.53. The van der Waals surface area contributed by atoms with Crippen LogP contribution in [-0.4, -0.2) is 44.0 Å². The number of nitrogens with zero attached hydrogens (tertiary/aromatic N) is 2. The van der Waals surface area contributed by atoms with Crippen LogP contribution in [0.4, 0.5) is 0 Å². The van der Waals surface area contributed by atoms with Gasteiger partial charge in [0.05, 0.1) is 6.54 Å². The van der Waals surface area contributed by atoms with Crippen LogP contribution in [0.25, 0.3) is 0 Å². The van der Waals surface area contributed by atoms with Crippen LogP contribution in [0.15, 0.2) is 46.8 Å². The molecule has 0 radical (unpaired) electrons. The lowest BCUT2D eigenvalue weighted by Crippen LogP contribution is -2.39. The minimum absolute atomic E-state index is 0.0386. The van der Waals surface area contributed by atoms with Gasteiger partial charge in [0.2, 0.25) is 5.91 Å². The summed E-state index contributed by atoms with van der Waals surface area (Å²) in [4.78, 5) is 18.9. The molecule has 1 heterocycles. The average molecular weight is 379 g/mol. The predicted octanol–water partition coefficient (Wildman–Crippen LogP) is 2.77. The maximum atomic E-state index is 11.8. The van der Waals surface area contributed by atoms with Gasteiger partial charge in [-0.2, -0.15) is 0 Å². The molecule has 7 heteroatoms. The Morgan fingerprint density at radius 3 is 2.68 bits per heavy atom. The molecule has 0 atom stereocenters. The van der Waals surface area contributed by atoms with E-state index in [1.54, 1.807) is 25.4 Å². The summed E-state index contributed by atoms with van der Waals surface area (Å²) < 4.78 is 0. The van der Waals surface area contributed by atoms with Crippen molar-refractivity contribution >= 4 is 34.8 Å². The molecular weight excluding hydrogens is 356 g/mol. The number of nitrogens with one attached hydrogen (secondary N) is 2. The van der Waals surface area contributed by atoms with Crippen molar-refractivity contribution in [2.45, 2.75) is 13.0 Å². The zero-order valence-electron chi connectivity index (χ0n) is 14.5. The van der Waals surface area contributed by atoms with Crippen molar-refractivity contribution in [2.75, 3.05) is 27.2 Å². The third-order valence-corrected chi connectivity index (χ3v) is 4.77. The second-order valence-corrected chi connectivity index (χ2v) is 7.09. The Labute approximate surface area is 157 Å². The zero-order valence-corrected chi connectivity index (χ0v) is 16.0. The SMILES string of the molecule is CN(C)C(=O)CN=C(NCCc1ccccc1Cl)NCc1cccs1. The molecule has 2 rings (SSSR count). The highest BCUT2D eigenvalue weighted by atomic mass is 35.5. The number of carbonyl (C=O) groups excluding carboxylic acids is 1. The van der Waals surface area contributed by atoms with Gasteiger partial charge in [-0.3, -0.25) is 4.79 Å². The molecule has 0 spiro atoms. The molecule has 25 heavy (non-hydrogen) atoms. The van der Waals surface area contributed by atoms with E-state index in [2.05, 4.69) is 21.7 Å². The molecule has 5 nitrogen and oxygen atoms in total. The van der Waals surface area contributed by atoms with Crippen molar-refractivity contribution in [3.05, 3.63) is 57.2 Å². The predicted molar refractivity (Wildman–Crippen MR) is 105 cm³/mol. The van der Waals surface area contributed by atoms with E-state index in [9.17, 15) is 4.79 Å². The highest BCUT2D eigenvalue weighted by Gasteiger charge is 2.06. The number of carbonyl (C=O) groups is 1. The van der Waals surface area contributed by atoms with Crippen LogP contribution in [-0.2, 0) is 17.8 Å². The van der Waals surface area contributed by atoms with E-state index < -0.39 is 0 Å². The highest BCUT2D eigenvalue weighted by molar-refractivity contribution is 7.09. The van der Waals surface area contributed by atoms with Gasteiger partial charge >= 0.3 is 0 Å². The Morgan fingerprint density at radius 2 is 2.00 bits per heavy atom. The number of thiophene rings is 1. The van der Waals surface area contributed by atoms with E-state index in [0.717, 1.165) is 17.0 Å². The fourth-order valence-electron chi connectivity index (χ4n) is 2.06. The first-order chi connectivity index (χ1) is 12.1. The first-order valence-electron chi connectivity index (χ1n) is 8.04. The van der Waals surface area contributed by atoms with Gasteiger partial charge < -0.3 is 15.5 Å². The van der Waals surface area contributed by atoms with E-state index >= 15 is 0 Å². The van der Waals surface area contributed by atoms with Crippen molar-refractivity contribution in [1.82, 2.24) is 15.5 Å². The molecule has 0 unspecified atom stereocenters. The maximum Gasteiger partial charge on any atom is 0.243 e. The molecule has 0 bridgehead atoms. The van der Waals surface area contributed by atoms with E-state index in [1.165, 1.54) is 9.78 Å². The highest BCUT2D eigenvalue weighted by Crippen LogP contribution is 2.14. The molecule has 1 aromatic carbocycles. The second-order valence-electron chi connectivity index (χ2n) is 5.65. The van der Waals surface area contributed by atoms with Gasteiger partial charge in [0, 0.05) is 30.5 Å². The quantitative estimate of drug-likeness (QED) is 0.575. The Bertz CT molecular complexity index is 701. The van der Waals surface area contributed by atoms with Gasteiger partial charge in [-0.05, 0) is 29.5 Å². The van der Waals surface area contributed by atoms with Crippen molar-refractivity contribution in [1.29, 1.82) is 0 Å². The molecule has 0 saturated heterocycles. The summed E-state index contributed by atoms with van der Waals surface area (Å²) in [6, 6.07) is 11.9. The second kappa shape index (κ2) is 10.1. The number of hydrogen-bond acceptors (Lipinski definition) is 3. The molecular formula is C18H23ClN4OS. The number of aliphatic imine (C=N–C) groups is 1. The number of likely N-dealkylation sites (N-methyl/N-ethyl adjacent to an activating group) is 1. The maximum absolute atomic E-state index is 11.8. The van der Waals surface area contributed by atoms with Crippen LogP contribution in [0.2, 0.25) is 5.02 Å². The van der Waals surface area contributed by atoms with E-state index in [-0.39, 0.29) is 12.5 Å². The standard InChI is InChI=1S/C18H23ClN4OS/c1-23(2)17(24)13-22-18(21-12-15-7-5-11-25-15)20-10-9-14-6-3-4-8-16(14)19/h3-8,11H,9-10,12-13H2,1-2H3,(H2,20,21,22). The van der Waals surface area contributed by atoms with Crippen molar-refractivity contribution in [2.24, 2.45) is 4.99 Å². The normalized spacial score (nSPS) is 11.2. The largest absolute Gasteiger partial charge is 0.356 e. The first-order valence-corrected chi connectivity index (χ1v) is 9.30. The fraction of sp³-hybridized carbons (Fsp3) is 0.333. The summed E-state index contributed by atoms with van der Waals surface area (Å²) in [5.41, 5.74) is 1.08. The van der Waals surface area contributed by atoms with Gasteiger partial charge in [0.25, 0.3) is 0 Å². The summed E-state index contributed by atoms with van der Waals surface area (Å²) in [6.07, 6.45) is 0.779. The lowest BCUT2D eigenvalue weighted by molar-refractivity contribution is -0.127. The molecule has 0 saturated carbocycles. The molecule has 0 aliphatic carbocycles. The molecule has 1 amide bonds. The summed E-state index contributed by atoms with van der Waals surface area (Å²) in [7, 11) is 3.45. The van der Waals surface area contributed by atoms with Gasteiger partial charge in [0.1, 0.15) is 6.54 Å². The number of hydrogen-bond donors (Lipinski definition) is 2. The molecule has 2 N–H and O–H groups in total. The Kier molecular flexibility index (Phi) is 7.76. The van der Waals surface area contributed by atoms with Crippen LogP contribution in [0.3, 0.4) is 0 Å². The smallest absolute Gasteiger partial charge is 0.243 e. The topological polar surface area (TPSA) is 56.7 Å². The van der Waals surface area contributed by atoms with Gasteiger partial charge in [-0.25, -0.2) is 4.99 Å².